The Morgan fingerprint density at radius 1 is 1.42 bits per heavy atom. The number of amides is 1. The van der Waals surface area contributed by atoms with E-state index in [1.165, 1.54) is 36.6 Å². The predicted molar refractivity (Wildman–Crippen MR) is 90.8 cm³/mol. The fourth-order valence-electron chi connectivity index (χ4n) is 1.84. The van der Waals surface area contributed by atoms with Crippen molar-refractivity contribution in [1.29, 1.82) is 0 Å². The lowest BCUT2D eigenvalue weighted by atomic mass is 9.91. The van der Waals surface area contributed by atoms with Crippen molar-refractivity contribution in [3.8, 4) is 5.75 Å². The van der Waals surface area contributed by atoms with Crippen molar-refractivity contribution in [3.05, 3.63) is 38.9 Å². The van der Waals surface area contributed by atoms with Gasteiger partial charge in [0.2, 0.25) is 5.13 Å². The fraction of sp³-hybridized carbons (Fsp3) is 0.400. The molecule has 0 spiro atoms. The summed E-state index contributed by atoms with van der Waals surface area (Å²) in [5.74, 6) is -0.391. The summed E-state index contributed by atoms with van der Waals surface area (Å²) in [6, 6.07) is 4.02. The minimum atomic E-state index is -0.595. The number of carbonyl (C=O) groups is 1. The van der Waals surface area contributed by atoms with E-state index in [9.17, 15) is 14.9 Å². The molecule has 1 amide bonds. The van der Waals surface area contributed by atoms with Crippen LogP contribution in [0.25, 0.3) is 0 Å². The van der Waals surface area contributed by atoms with Gasteiger partial charge in [0.05, 0.1) is 12.0 Å². The van der Waals surface area contributed by atoms with Crippen molar-refractivity contribution in [3.63, 3.8) is 0 Å². The molecule has 1 heterocycles. The topological polar surface area (TPSA) is 107 Å². The first kappa shape index (κ1) is 17.8. The number of benzene rings is 1. The van der Waals surface area contributed by atoms with Gasteiger partial charge in [0.25, 0.3) is 5.91 Å². The van der Waals surface area contributed by atoms with Crippen molar-refractivity contribution in [2.45, 2.75) is 32.6 Å². The van der Waals surface area contributed by atoms with Crippen molar-refractivity contribution >= 4 is 28.1 Å². The Morgan fingerprint density at radius 3 is 2.71 bits per heavy atom. The molecule has 0 saturated carbocycles. The molecule has 8 nitrogen and oxygen atoms in total. The molecular weight excluding hydrogens is 332 g/mol. The van der Waals surface area contributed by atoms with Crippen LogP contribution in [0, 0.1) is 10.1 Å². The molecular formula is C15H18N4O4S. The molecule has 0 aliphatic carbocycles. The summed E-state index contributed by atoms with van der Waals surface area (Å²) in [4.78, 5) is 22.7. The molecule has 24 heavy (non-hydrogen) atoms. The molecule has 2 rings (SSSR count). The van der Waals surface area contributed by atoms with Crippen molar-refractivity contribution < 1.29 is 14.5 Å². The number of nitrogens with one attached hydrogen (secondary N) is 1. The van der Waals surface area contributed by atoms with Gasteiger partial charge in [0.1, 0.15) is 5.01 Å². The number of nitro benzene ring substituents is 1. The first-order valence-electron chi connectivity index (χ1n) is 7.26. The van der Waals surface area contributed by atoms with E-state index < -0.39 is 10.8 Å². The molecule has 0 aliphatic heterocycles. The van der Waals surface area contributed by atoms with E-state index in [0.717, 1.165) is 11.4 Å². The standard InChI is InChI=1S/C15H18N4O4S/c1-5-15(2,3)13-17-18-14(24-13)16-12(20)9-6-7-11(23-4)10(8-9)19(21)22/h6-8H,5H2,1-4H3,(H,16,18,20). The van der Waals surface area contributed by atoms with E-state index in [-0.39, 0.29) is 22.4 Å². The maximum Gasteiger partial charge on any atom is 0.311 e. The third kappa shape index (κ3) is 3.67. The highest BCUT2D eigenvalue weighted by molar-refractivity contribution is 7.15. The van der Waals surface area contributed by atoms with Crippen LogP contribution >= 0.6 is 11.3 Å². The van der Waals surface area contributed by atoms with E-state index in [4.69, 9.17) is 4.74 Å². The van der Waals surface area contributed by atoms with Gasteiger partial charge in [-0.1, -0.05) is 32.1 Å². The van der Waals surface area contributed by atoms with Gasteiger partial charge >= 0.3 is 5.69 Å². The van der Waals surface area contributed by atoms with Gasteiger partial charge in [-0.05, 0) is 18.6 Å². The molecule has 1 aromatic carbocycles. The first-order chi connectivity index (χ1) is 11.3. The quantitative estimate of drug-likeness (QED) is 0.632. The van der Waals surface area contributed by atoms with E-state index in [0.29, 0.717) is 5.13 Å². The Hall–Kier alpha value is -2.55. The predicted octanol–water partition coefficient (Wildman–Crippen LogP) is 3.39. The Labute approximate surface area is 143 Å². The number of ether oxygens (including phenoxy) is 1. The zero-order valence-corrected chi connectivity index (χ0v) is 14.6. The second-order valence-corrected chi connectivity index (χ2v) is 6.73. The minimum absolute atomic E-state index is 0.0967. The summed E-state index contributed by atoms with van der Waals surface area (Å²) in [6.07, 6.45) is 0.889. The largest absolute Gasteiger partial charge is 0.490 e. The summed E-state index contributed by atoms with van der Waals surface area (Å²) < 4.78 is 4.92. The van der Waals surface area contributed by atoms with Gasteiger partial charge in [-0.25, -0.2) is 0 Å². The van der Waals surface area contributed by atoms with Crippen LogP contribution in [0.5, 0.6) is 5.75 Å². The lowest BCUT2D eigenvalue weighted by molar-refractivity contribution is -0.385. The molecule has 9 heteroatoms. The number of methoxy groups -OCH3 is 1. The zero-order valence-electron chi connectivity index (χ0n) is 13.8. The number of nitro groups is 1. The van der Waals surface area contributed by atoms with Crippen LogP contribution in [0.2, 0.25) is 0 Å². The lowest BCUT2D eigenvalue weighted by Gasteiger charge is -2.17. The average Bonchev–Trinajstić information content (AvgIpc) is 3.03. The van der Waals surface area contributed by atoms with Crippen LogP contribution in [0.4, 0.5) is 10.8 Å². The molecule has 128 valence electrons. The molecule has 0 atom stereocenters. The van der Waals surface area contributed by atoms with Crippen molar-refractivity contribution in [2.75, 3.05) is 12.4 Å². The lowest BCUT2D eigenvalue weighted by Crippen LogP contribution is -2.14. The number of aromatic nitrogens is 2. The molecule has 0 aliphatic rings. The summed E-state index contributed by atoms with van der Waals surface area (Å²) in [5, 5.41) is 22.9. The Bertz CT molecular complexity index is 773. The van der Waals surface area contributed by atoms with E-state index in [2.05, 4.69) is 22.4 Å². The van der Waals surface area contributed by atoms with Crippen molar-refractivity contribution in [2.24, 2.45) is 0 Å². The summed E-state index contributed by atoms with van der Waals surface area (Å²) in [6.45, 7) is 6.15. The molecule has 1 N–H and O–H groups in total. The SMILES string of the molecule is CCC(C)(C)c1nnc(NC(=O)c2ccc(OC)c([N+](=O)[O-])c2)s1. The summed E-state index contributed by atoms with van der Waals surface area (Å²) in [7, 11) is 1.33. The Kier molecular flexibility index (Phi) is 5.13. The van der Waals surface area contributed by atoms with E-state index in [1.807, 2.05) is 13.8 Å². The molecule has 0 radical (unpaired) electrons. The normalized spacial score (nSPS) is 11.2. The molecule has 2 aromatic rings. The van der Waals surface area contributed by atoms with Crippen LogP contribution < -0.4 is 10.1 Å². The van der Waals surface area contributed by atoms with Crippen LogP contribution in [0.15, 0.2) is 18.2 Å². The second-order valence-electron chi connectivity index (χ2n) is 5.75. The van der Waals surface area contributed by atoms with E-state index in [1.54, 1.807) is 0 Å². The number of rotatable bonds is 6. The van der Waals surface area contributed by atoms with Gasteiger partial charge in [-0.2, -0.15) is 0 Å². The second kappa shape index (κ2) is 6.91. The Balaban J connectivity index is 2.22. The maximum absolute atomic E-state index is 12.3. The maximum atomic E-state index is 12.3. The fourth-order valence-corrected chi connectivity index (χ4v) is 2.75. The van der Waals surface area contributed by atoms with Gasteiger partial charge < -0.3 is 4.74 Å². The van der Waals surface area contributed by atoms with Crippen molar-refractivity contribution in [1.82, 2.24) is 10.2 Å². The molecule has 0 fully saturated rings. The number of carbonyl (C=O) groups excluding carboxylic acids is 1. The van der Waals surface area contributed by atoms with Gasteiger partial charge in [0, 0.05) is 17.0 Å². The van der Waals surface area contributed by atoms with Crippen LogP contribution in [0.1, 0.15) is 42.6 Å². The molecule has 0 saturated heterocycles. The molecule has 0 unspecified atom stereocenters. The van der Waals surface area contributed by atoms with Gasteiger partial charge in [0.15, 0.2) is 5.75 Å². The van der Waals surface area contributed by atoms with Crippen LogP contribution in [-0.2, 0) is 5.41 Å². The third-order valence-corrected chi connectivity index (χ3v) is 4.95. The first-order valence-corrected chi connectivity index (χ1v) is 8.08. The summed E-state index contributed by atoms with van der Waals surface area (Å²) in [5.41, 5.74) is -0.247. The van der Waals surface area contributed by atoms with Gasteiger partial charge in [-0.15, -0.1) is 10.2 Å². The van der Waals surface area contributed by atoms with E-state index >= 15 is 0 Å². The highest BCUT2D eigenvalue weighted by atomic mass is 32.1. The highest BCUT2D eigenvalue weighted by Gasteiger charge is 2.24. The summed E-state index contributed by atoms with van der Waals surface area (Å²) >= 11 is 1.29. The third-order valence-electron chi connectivity index (χ3n) is 3.75. The number of hydrogen-bond donors (Lipinski definition) is 1. The Morgan fingerprint density at radius 2 is 2.12 bits per heavy atom. The molecule has 1 aromatic heterocycles. The minimum Gasteiger partial charge on any atom is -0.490 e. The molecule has 0 bridgehead atoms. The number of anilines is 1. The number of nitrogens with zero attached hydrogens (tertiary/aromatic N) is 3. The zero-order chi connectivity index (χ0) is 17.9. The highest BCUT2D eigenvalue weighted by Crippen LogP contribution is 2.32. The van der Waals surface area contributed by atoms with Crippen LogP contribution in [0.3, 0.4) is 0 Å². The average molecular weight is 350 g/mol. The van der Waals surface area contributed by atoms with Gasteiger partial charge in [-0.3, -0.25) is 20.2 Å². The monoisotopic (exact) mass is 350 g/mol. The number of hydrogen-bond acceptors (Lipinski definition) is 7. The van der Waals surface area contributed by atoms with Crippen LogP contribution in [-0.4, -0.2) is 28.1 Å². The smallest absolute Gasteiger partial charge is 0.311 e.